The van der Waals surface area contributed by atoms with E-state index >= 15 is 0 Å². The summed E-state index contributed by atoms with van der Waals surface area (Å²) in [4.78, 5) is 28.1. The fraction of sp³-hybridized carbons (Fsp3) is 0.438. The maximum Gasteiger partial charge on any atom is 0.223 e. The number of rotatable bonds is 5. The predicted molar refractivity (Wildman–Crippen MR) is 79.7 cm³/mol. The van der Waals surface area contributed by atoms with Crippen LogP contribution in [0.15, 0.2) is 24.3 Å². The Hall–Kier alpha value is -2.17. The highest BCUT2D eigenvalue weighted by atomic mass is 16.2. The molecule has 0 bridgehead atoms. The van der Waals surface area contributed by atoms with E-state index in [0.29, 0.717) is 6.54 Å². The van der Waals surface area contributed by atoms with E-state index in [-0.39, 0.29) is 23.7 Å². The number of fused-ring (bicyclic) bond motifs is 1. The van der Waals surface area contributed by atoms with Gasteiger partial charge in [0.25, 0.3) is 0 Å². The zero-order chi connectivity index (χ0) is 15.0. The number of nitrogens with one attached hydrogen (secondary N) is 1. The van der Waals surface area contributed by atoms with E-state index in [1.165, 1.54) is 0 Å². The summed E-state index contributed by atoms with van der Waals surface area (Å²) in [6.45, 7) is 3.80. The number of hydrogen-bond donors (Lipinski definition) is 1. The minimum absolute atomic E-state index is 0.0768. The normalized spacial score (nSPS) is 15.9. The summed E-state index contributed by atoms with van der Waals surface area (Å²) in [5.41, 5.74) is 1.78. The summed E-state index contributed by atoms with van der Waals surface area (Å²) in [5, 5.41) is 2.92. The third kappa shape index (κ3) is 2.68. The molecule has 0 radical (unpaired) electrons. The van der Waals surface area contributed by atoms with Crippen molar-refractivity contribution in [2.75, 3.05) is 0 Å². The predicted octanol–water partition coefficient (Wildman–Crippen LogP) is 2.21. The molecule has 2 aromatic rings. The van der Waals surface area contributed by atoms with Gasteiger partial charge in [-0.25, -0.2) is 4.98 Å². The first-order chi connectivity index (χ1) is 10.1. The maximum atomic E-state index is 11.8. The van der Waals surface area contributed by atoms with Crippen molar-refractivity contribution >= 4 is 22.7 Å². The quantitative estimate of drug-likeness (QED) is 0.916. The minimum Gasteiger partial charge on any atom is -0.349 e. The Morgan fingerprint density at radius 1 is 1.38 bits per heavy atom. The fourth-order valence-electron chi connectivity index (χ4n) is 2.49. The van der Waals surface area contributed by atoms with Crippen LogP contribution < -0.4 is 5.32 Å². The van der Waals surface area contributed by atoms with E-state index in [4.69, 9.17) is 0 Å². The van der Waals surface area contributed by atoms with Crippen LogP contribution in [0.4, 0.5) is 0 Å². The first kappa shape index (κ1) is 13.8. The number of hydrogen-bond acceptors (Lipinski definition) is 3. The molecule has 0 aliphatic heterocycles. The molecule has 1 heterocycles. The molecule has 1 aliphatic rings. The number of nitrogens with zero attached hydrogens (tertiary/aromatic N) is 2. The Morgan fingerprint density at radius 2 is 2.10 bits per heavy atom. The Kier molecular flexibility index (Phi) is 3.49. The highest BCUT2D eigenvalue weighted by Crippen LogP contribution is 2.29. The second-order valence-electron chi connectivity index (χ2n) is 5.67. The van der Waals surface area contributed by atoms with Gasteiger partial charge in [0.15, 0.2) is 5.78 Å². The van der Waals surface area contributed by atoms with Gasteiger partial charge in [-0.2, -0.15) is 0 Å². The number of Topliss-reactive ketones (excluding diaryl/α,β-unsaturated/α-hetero) is 1. The van der Waals surface area contributed by atoms with Gasteiger partial charge in [-0.3, -0.25) is 9.59 Å². The third-order valence-electron chi connectivity index (χ3n) is 4.01. The monoisotopic (exact) mass is 285 g/mol. The Morgan fingerprint density at radius 3 is 2.76 bits per heavy atom. The standard InChI is InChI=1S/C16H19N3O2/c1-10(11(2)20)19-14-6-4-3-5-13(14)18-15(19)9-17-16(21)12-7-8-12/h3-6,10,12H,7-9H2,1-2H3,(H,17,21). The van der Waals surface area contributed by atoms with E-state index in [0.717, 1.165) is 29.7 Å². The second-order valence-corrected chi connectivity index (χ2v) is 5.67. The van der Waals surface area contributed by atoms with Crippen molar-refractivity contribution in [2.24, 2.45) is 5.92 Å². The molecule has 110 valence electrons. The molecule has 1 saturated carbocycles. The molecule has 5 nitrogen and oxygen atoms in total. The highest BCUT2D eigenvalue weighted by Gasteiger charge is 2.29. The van der Waals surface area contributed by atoms with Crippen LogP contribution in [0, 0.1) is 5.92 Å². The largest absolute Gasteiger partial charge is 0.349 e. The van der Waals surface area contributed by atoms with E-state index in [1.54, 1.807) is 6.92 Å². The maximum absolute atomic E-state index is 11.8. The molecule has 21 heavy (non-hydrogen) atoms. The summed E-state index contributed by atoms with van der Waals surface area (Å²) in [6, 6.07) is 7.44. The van der Waals surface area contributed by atoms with Crippen molar-refractivity contribution < 1.29 is 9.59 Å². The second kappa shape index (κ2) is 5.31. The molecule has 1 N–H and O–H groups in total. The van der Waals surface area contributed by atoms with Crippen LogP contribution in [0.3, 0.4) is 0 Å². The van der Waals surface area contributed by atoms with Crippen LogP contribution >= 0.6 is 0 Å². The lowest BCUT2D eigenvalue weighted by molar-refractivity contribution is -0.122. The van der Waals surface area contributed by atoms with Crippen LogP contribution in [0.5, 0.6) is 0 Å². The Labute approximate surface area is 123 Å². The van der Waals surface area contributed by atoms with Crippen LogP contribution in [-0.2, 0) is 16.1 Å². The number of imidazole rings is 1. The molecular weight excluding hydrogens is 266 g/mol. The van der Waals surface area contributed by atoms with Gasteiger partial charge in [-0.05, 0) is 38.8 Å². The fourth-order valence-corrected chi connectivity index (χ4v) is 2.49. The molecule has 1 unspecified atom stereocenters. The number of carbonyl (C=O) groups excluding carboxylic acids is 2. The lowest BCUT2D eigenvalue weighted by atomic mass is 10.2. The SMILES string of the molecule is CC(=O)C(C)n1c(CNC(=O)C2CC2)nc2ccccc21. The minimum atomic E-state index is -0.287. The molecule has 1 amide bonds. The molecule has 1 aromatic heterocycles. The topological polar surface area (TPSA) is 64.0 Å². The van der Waals surface area contributed by atoms with Crippen LogP contribution in [0.1, 0.15) is 38.6 Å². The van der Waals surface area contributed by atoms with Crippen molar-refractivity contribution in [3.05, 3.63) is 30.1 Å². The molecule has 1 atom stereocenters. The number of carbonyl (C=O) groups is 2. The zero-order valence-corrected chi connectivity index (χ0v) is 12.3. The van der Waals surface area contributed by atoms with Gasteiger partial charge in [-0.1, -0.05) is 12.1 Å². The van der Waals surface area contributed by atoms with E-state index in [9.17, 15) is 9.59 Å². The van der Waals surface area contributed by atoms with Gasteiger partial charge in [0, 0.05) is 5.92 Å². The molecule has 1 fully saturated rings. The zero-order valence-electron chi connectivity index (χ0n) is 12.3. The summed E-state index contributed by atoms with van der Waals surface area (Å²) in [6.07, 6.45) is 1.96. The third-order valence-corrected chi connectivity index (χ3v) is 4.01. The molecular formula is C16H19N3O2. The lowest BCUT2D eigenvalue weighted by Gasteiger charge is -2.15. The molecule has 5 heteroatoms. The molecule has 0 spiro atoms. The van der Waals surface area contributed by atoms with Crippen molar-refractivity contribution in [1.82, 2.24) is 14.9 Å². The summed E-state index contributed by atoms with van der Waals surface area (Å²) < 4.78 is 1.92. The van der Waals surface area contributed by atoms with Gasteiger partial charge in [0.1, 0.15) is 5.82 Å². The average Bonchev–Trinajstić information content (AvgIpc) is 3.25. The van der Waals surface area contributed by atoms with Gasteiger partial charge >= 0.3 is 0 Å². The molecule has 3 rings (SSSR count). The van der Waals surface area contributed by atoms with Gasteiger partial charge in [-0.15, -0.1) is 0 Å². The Balaban J connectivity index is 1.93. The van der Waals surface area contributed by atoms with Crippen molar-refractivity contribution in [1.29, 1.82) is 0 Å². The van der Waals surface area contributed by atoms with E-state index < -0.39 is 0 Å². The van der Waals surface area contributed by atoms with E-state index in [1.807, 2.05) is 35.8 Å². The van der Waals surface area contributed by atoms with E-state index in [2.05, 4.69) is 10.3 Å². The molecule has 1 aromatic carbocycles. The summed E-state index contributed by atoms with van der Waals surface area (Å²) in [5.74, 6) is 1.07. The van der Waals surface area contributed by atoms with Crippen molar-refractivity contribution in [3.8, 4) is 0 Å². The van der Waals surface area contributed by atoms with Crippen LogP contribution in [0.25, 0.3) is 11.0 Å². The highest BCUT2D eigenvalue weighted by molar-refractivity contribution is 5.84. The number of amides is 1. The average molecular weight is 285 g/mol. The first-order valence-electron chi connectivity index (χ1n) is 7.32. The van der Waals surface area contributed by atoms with Gasteiger partial charge < -0.3 is 9.88 Å². The van der Waals surface area contributed by atoms with Crippen LogP contribution in [0.2, 0.25) is 0 Å². The van der Waals surface area contributed by atoms with Gasteiger partial charge in [0.2, 0.25) is 5.91 Å². The summed E-state index contributed by atoms with van der Waals surface area (Å²) in [7, 11) is 0. The van der Waals surface area contributed by atoms with Crippen molar-refractivity contribution in [2.45, 2.75) is 39.3 Å². The smallest absolute Gasteiger partial charge is 0.223 e. The lowest BCUT2D eigenvalue weighted by Crippen LogP contribution is -2.27. The van der Waals surface area contributed by atoms with Crippen molar-refractivity contribution in [3.63, 3.8) is 0 Å². The molecule has 0 saturated heterocycles. The first-order valence-corrected chi connectivity index (χ1v) is 7.32. The number of benzene rings is 1. The molecule has 1 aliphatic carbocycles. The summed E-state index contributed by atoms with van der Waals surface area (Å²) >= 11 is 0. The van der Waals surface area contributed by atoms with Crippen LogP contribution in [-0.4, -0.2) is 21.2 Å². The number of ketones is 1. The van der Waals surface area contributed by atoms with Gasteiger partial charge in [0.05, 0.1) is 23.6 Å². The Bertz CT molecular complexity index is 701. The number of para-hydroxylation sites is 2. The number of aromatic nitrogens is 2.